The molecule has 2 amide bonds. The predicted molar refractivity (Wildman–Crippen MR) is 191 cm³/mol. The van der Waals surface area contributed by atoms with Gasteiger partial charge in [-0.1, -0.05) is 19.6 Å². The summed E-state index contributed by atoms with van der Waals surface area (Å²) in [6.45, 7) is 13.5. The first-order valence-electron chi connectivity index (χ1n) is 17.8. The Morgan fingerprint density at radius 3 is 2.55 bits per heavy atom. The zero-order valence-electron chi connectivity index (χ0n) is 29.2. The van der Waals surface area contributed by atoms with Crippen LogP contribution in [0.15, 0.2) is 30.7 Å². The second-order valence-corrected chi connectivity index (χ2v) is 20.6. The highest BCUT2D eigenvalue weighted by Gasteiger charge is 2.29. The number of pyridine rings is 1. The number of hydrogen-bond donors (Lipinski definition) is 3. The van der Waals surface area contributed by atoms with Gasteiger partial charge in [-0.05, 0) is 80.8 Å². The Hall–Kier alpha value is -3.59. The molecule has 2 saturated heterocycles. The molecule has 0 spiro atoms. The SMILES string of the molecule is C[Si](C)(C)CCOCn1c(C2CCC(NC(=O)c3cc(CN4CCC[C@@H](NC(=O)O)C4)ccn3)CC2)cc2c(N3CCOCC3)ncnc21. The Morgan fingerprint density at radius 1 is 1.00 bits per heavy atom. The molecule has 0 unspecified atom stereocenters. The van der Waals surface area contributed by atoms with Crippen LogP contribution >= 0.6 is 0 Å². The number of ether oxygens (including phenoxy) is 2. The fourth-order valence-corrected chi connectivity index (χ4v) is 8.10. The summed E-state index contributed by atoms with van der Waals surface area (Å²) in [5.74, 6) is 1.14. The van der Waals surface area contributed by atoms with Crippen LogP contribution in [0, 0.1) is 0 Å². The number of likely N-dealkylation sites (tertiary alicyclic amines) is 1. The maximum atomic E-state index is 13.3. The van der Waals surface area contributed by atoms with Gasteiger partial charge in [-0.15, -0.1) is 0 Å². The monoisotopic (exact) mass is 692 g/mol. The first-order valence-corrected chi connectivity index (χ1v) is 21.6. The molecular formula is C35H52N8O5Si. The van der Waals surface area contributed by atoms with Gasteiger partial charge in [0.15, 0.2) is 0 Å². The Labute approximate surface area is 289 Å². The third-order valence-electron chi connectivity index (χ3n) is 10.0. The van der Waals surface area contributed by atoms with Crippen molar-refractivity contribution in [2.24, 2.45) is 0 Å². The van der Waals surface area contributed by atoms with Gasteiger partial charge in [-0.2, -0.15) is 0 Å². The molecule has 1 aliphatic carbocycles. The van der Waals surface area contributed by atoms with Crippen LogP contribution in [0.4, 0.5) is 10.6 Å². The number of anilines is 1. The normalized spacial score (nSPS) is 22.3. The van der Waals surface area contributed by atoms with Gasteiger partial charge in [0.05, 0.1) is 18.6 Å². The zero-order chi connectivity index (χ0) is 34.4. The number of carboxylic acid groups (broad SMARTS) is 1. The lowest BCUT2D eigenvalue weighted by Crippen LogP contribution is -2.46. The largest absolute Gasteiger partial charge is 0.465 e. The Morgan fingerprint density at radius 2 is 1.80 bits per heavy atom. The van der Waals surface area contributed by atoms with Crippen molar-refractivity contribution in [3.8, 4) is 0 Å². The van der Waals surface area contributed by atoms with Gasteiger partial charge in [0, 0.05) is 64.8 Å². The minimum Gasteiger partial charge on any atom is -0.465 e. The van der Waals surface area contributed by atoms with Crippen molar-refractivity contribution in [3.05, 3.63) is 47.7 Å². The summed E-state index contributed by atoms with van der Waals surface area (Å²) in [5, 5.41) is 16.0. The minimum absolute atomic E-state index is 0.0746. The van der Waals surface area contributed by atoms with E-state index in [1.54, 1.807) is 12.5 Å². The number of amides is 2. The van der Waals surface area contributed by atoms with Crippen LogP contribution in [0.5, 0.6) is 0 Å². The van der Waals surface area contributed by atoms with Gasteiger partial charge in [-0.3, -0.25) is 14.7 Å². The molecule has 3 aromatic heterocycles. The third-order valence-corrected chi connectivity index (χ3v) is 11.7. The van der Waals surface area contributed by atoms with Gasteiger partial charge in [0.2, 0.25) is 0 Å². The average Bonchev–Trinajstić information content (AvgIpc) is 3.45. The van der Waals surface area contributed by atoms with Crippen molar-refractivity contribution in [1.82, 2.24) is 35.1 Å². The molecule has 5 heterocycles. The molecule has 1 atom stereocenters. The van der Waals surface area contributed by atoms with Crippen LogP contribution in [0.1, 0.15) is 66.2 Å². The summed E-state index contributed by atoms with van der Waals surface area (Å²) in [7, 11) is -1.22. The second-order valence-electron chi connectivity index (χ2n) is 15.0. The smallest absolute Gasteiger partial charge is 0.404 e. The van der Waals surface area contributed by atoms with E-state index in [0.29, 0.717) is 44.6 Å². The first kappa shape index (κ1) is 35.2. The molecule has 14 heteroatoms. The maximum absolute atomic E-state index is 13.3. The number of nitrogens with zero attached hydrogens (tertiary/aromatic N) is 6. The minimum atomic E-state index is -1.22. The Kier molecular flexibility index (Phi) is 11.5. The molecule has 3 fully saturated rings. The number of piperidine rings is 1. The van der Waals surface area contributed by atoms with Crippen LogP contribution in [0.3, 0.4) is 0 Å². The molecule has 49 heavy (non-hydrogen) atoms. The fraction of sp³-hybridized carbons (Fsp3) is 0.629. The quantitative estimate of drug-likeness (QED) is 0.181. The molecule has 0 aromatic carbocycles. The number of fused-ring (bicyclic) bond motifs is 1. The highest BCUT2D eigenvalue weighted by Crippen LogP contribution is 2.38. The zero-order valence-corrected chi connectivity index (χ0v) is 30.2. The summed E-state index contributed by atoms with van der Waals surface area (Å²) in [4.78, 5) is 42.8. The summed E-state index contributed by atoms with van der Waals surface area (Å²) in [6, 6.07) is 7.19. The van der Waals surface area contributed by atoms with Gasteiger partial charge in [-0.25, -0.2) is 14.8 Å². The molecule has 1 saturated carbocycles. The van der Waals surface area contributed by atoms with E-state index >= 15 is 0 Å². The highest BCUT2D eigenvalue weighted by molar-refractivity contribution is 6.76. The lowest BCUT2D eigenvalue weighted by molar-refractivity contribution is 0.0862. The molecule has 3 aromatic rings. The van der Waals surface area contributed by atoms with Crippen molar-refractivity contribution in [1.29, 1.82) is 0 Å². The number of morpholine rings is 1. The molecule has 13 nitrogen and oxygen atoms in total. The van der Waals surface area contributed by atoms with E-state index < -0.39 is 14.2 Å². The third kappa shape index (κ3) is 9.35. The molecule has 3 aliphatic rings. The van der Waals surface area contributed by atoms with Crippen LogP contribution < -0.4 is 15.5 Å². The number of rotatable bonds is 12. The van der Waals surface area contributed by atoms with E-state index in [1.807, 2.05) is 12.1 Å². The fourth-order valence-electron chi connectivity index (χ4n) is 7.34. The summed E-state index contributed by atoms with van der Waals surface area (Å²) in [6.07, 6.45) is 7.80. The Bertz CT molecular complexity index is 1580. The maximum Gasteiger partial charge on any atom is 0.404 e. The lowest BCUT2D eigenvalue weighted by Gasteiger charge is -2.32. The molecule has 3 N–H and O–H groups in total. The lowest BCUT2D eigenvalue weighted by atomic mass is 9.84. The van der Waals surface area contributed by atoms with Crippen molar-refractivity contribution in [2.75, 3.05) is 50.9 Å². The van der Waals surface area contributed by atoms with Crippen LogP contribution in [0.2, 0.25) is 25.7 Å². The summed E-state index contributed by atoms with van der Waals surface area (Å²) >= 11 is 0. The molecule has 0 radical (unpaired) electrons. The number of carbonyl (C=O) groups is 2. The summed E-state index contributed by atoms with van der Waals surface area (Å²) < 4.78 is 14.2. The first-order chi connectivity index (χ1) is 23.6. The van der Waals surface area contributed by atoms with Crippen molar-refractivity contribution in [2.45, 2.75) is 95.5 Å². The topological polar surface area (TPSA) is 147 Å². The highest BCUT2D eigenvalue weighted by atomic mass is 28.3. The molecule has 2 aliphatic heterocycles. The van der Waals surface area contributed by atoms with Gasteiger partial charge in [0.1, 0.15) is 30.2 Å². The Balaban J connectivity index is 1.10. The number of carbonyl (C=O) groups excluding carboxylic acids is 1. The van der Waals surface area contributed by atoms with E-state index in [-0.39, 0.29) is 18.0 Å². The average molecular weight is 693 g/mol. The predicted octanol–water partition coefficient (Wildman–Crippen LogP) is 4.66. The van der Waals surface area contributed by atoms with E-state index in [0.717, 1.165) is 93.2 Å². The standard InChI is InChI=1S/C35H52N8O5Si/c1-49(2,3)18-17-48-24-43-31(20-29-32(37-23-38-33(29)43)42-13-15-47-16-14-42)26-6-8-27(9-7-26)39-34(44)30-19-25(10-11-36-30)21-41-12-4-5-28(22-41)40-35(45)46/h10-11,19-20,23,26-28,40H,4-9,12-18,21-22,24H2,1-3H3,(H,39,44)(H,45,46)/t26?,27?,28-/m1/s1. The second kappa shape index (κ2) is 16.0. The van der Waals surface area contributed by atoms with E-state index in [9.17, 15) is 9.59 Å². The van der Waals surface area contributed by atoms with Crippen LogP contribution in [0.25, 0.3) is 11.0 Å². The van der Waals surface area contributed by atoms with E-state index in [2.05, 4.69) is 55.7 Å². The number of nitrogens with one attached hydrogen (secondary N) is 2. The van der Waals surface area contributed by atoms with Crippen molar-refractivity contribution >= 4 is 36.9 Å². The number of hydrogen-bond acceptors (Lipinski definition) is 9. The van der Waals surface area contributed by atoms with E-state index in [1.165, 1.54) is 5.69 Å². The molecule has 266 valence electrons. The molecule has 0 bridgehead atoms. The van der Waals surface area contributed by atoms with Crippen LogP contribution in [-0.2, 0) is 22.7 Å². The van der Waals surface area contributed by atoms with Gasteiger partial charge in [0.25, 0.3) is 5.91 Å². The van der Waals surface area contributed by atoms with Gasteiger partial charge < -0.3 is 34.7 Å². The molecule has 6 rings (SSSR count). The van der Waals surface area contributed by atoms with Crippen molar-refractivity contribution < 1.29 is 24.2 Å². The van der Waals surface area contributed by atoms with E-state index in [4.69, 9.17) is 24.5 Å². The van der Waals surface area contributed by atoms with Crippen molar-refractivity contribution in [3.63, 3.8) is 0 Å². The van der Waals surface area contributed by atoms with Gasteiger partial charge >= 0.3 is 6.09 Å². The summed E-state index contributed by atoms with van der Waals surface area (Å²) in [5.41, 5.74) is 3.57. The van der Waals surface area contributed by atoms with Crippen LogP contribution in [-0.4, -0.2) is 108 Å². The molecular weight excluding hydrogens is 641 g/mol. The number of aromatic nitrogens is 4.